The number of rotatable bonds is 10. The van der Waals surface area contributed by atoms with Crippen molar-refractivity contribution in [1.29, 1.82) is 0 Å². The van der Waals surface area contributed by atoms with Gasteiger partial charge in [-0.05, 0) is 36.6 Å². The van der Waals surface area contributed by atoms with Crippen molar-refractivity contribution in [1.82, 2.24) is 10.2 Å². The zero-order valence-electron chi connectivity index (χ0n) is 16.7. The van der Waals surface area contributed by atoms with Gasteiger partial charge >= 0.3 is 0 Å². The van der Waals surface area contributed by atoms with Crippen molar-refractivity contribution in [2.24, 2.45) is 0 Å². The molecule has 2 rings (SSSR count). The molecular weight excluding hydrogens is 427 g/mol. The quantitative estimate of drug-likeness (QED) is 0.540. The van der Waals surface area contributed by atoms with Crippen molar-refractivity contribution in [2.75, 3.05) is 12.3 Å². The fourth-order valence-corrected chi connectivity index (χ4v) is 4.13. The van der Waals surface area contributed by atoms with Gasteiger partial charge in [-0.3, -0.25) is 9.59 Å². The van der Waals surface area contributed by atoms with Crippen molar-refractivity contribution in [3.8, 4) is 0 Å². The van der Waals surface area contributed by atoms with Crippen LogP contribution in [0.1, 0.15) is 31.4 Å². The van der Waals surface area contributed by atoms with Gasteiger partial charge in [0.05, 0.1) is 5.75 Å². The smallest absolute Gasteiger partial charge is 0.242 e. The minimum Gasteiger partial charge on any atom is -0.354 e. The molecule has 0 fully saturated rings. The highest BCUT2D eigenvalue weighted by Gasteiger charge is 2.26. The number of halogens is 2. The normalized spacial score (nSPS) is 11.7. The monoisotopic (exact) mass is 452 g/mol. The SMILES string of the molecule is CCCNC(=O)C(C)N(Cc1ccccc1Cl)C(=O)CSCc1ccccc1Cl. The summed E-state index contributed by atoms with van der Waals surface area (Å²) in [5, 5.41) is 4.13. The molecule has 0 saturated heterocycles. The van der Waals surface area contributed by atoms with Crippen LogP contribution in [0.5, 0.6) is 0 Å². The highest BCUT2D eigenvalue weighted by atomic mass is 35.5. The lowest BCUT2D eigenvalue weighted by Crippen LogP contribution is -2.48. The number of nitrogens with one attached hydrogen (secondary N) is 1. The molecule has 0 radical (unpaired) electrons. The first-order valence-corrected chi connectivity index (χ1v) is 11.5. The fraction of sp³-hybridized carbons (Fsp3) is 0.364. The maximum atomic E-state index is 13.0. The molecular formula is C22H26Cl2N2O2S. The average Bonchev–Trinajstić information content (AvgIpc) is 2.72. The Hall–Kier alpha value is -1.69. The standard InChI is InChI=1S/C22H26Cl2N2O2S/c1-3-12-25-22(28)16(2)26(13-17-8-4-6-10-19(17)23)21(27)15-29-14-18-9-5-7-11-20(18)24/h4-11,16H,3,12-15H2,1-2H3,(H,25,28). The molecule has 1 N–H and O–H groups in total. The Bertz CT molecular complexity index is 832. The van der Waals surface area contributed by atoms with E-state index in [4.69, 9.17) is 23.2 Å². The van der Waals surface area contributed by atoms with E-state index in [-0.39, 0.29) is 24.1 Å². The Balaban J connectivity index is 2.08. The molecule has 1 unspecified atom stereocenters. The summed E-state index contributed by atoms with van der Waals surface area (Å²) in [4.78, 5) is 27.1. The molecule has 1 atom stereocenters. The lowest BCUT2D eigenvalue weighted by Gasteiger charge is -2.29. The van der Waals surface area contributed by atoms with Gasteiger partial charge in [-0.1, -0.05) is 66.5 Å². The van der Waals surface area contributed by atoms with E-state index < -0.39 is 6.04 Å². The van der Waals surface area contributed by atoms with Crippen LogP contribution in [0.25, 0.3) is 0 Å². The van der Waals surface area contributed by atoms with Crippen LogP contribution >= 0.6 is 35.0 Å². The van der Waals surface area contributed by atoms with Crippen LogP contribution in [-0.2, 0) is 21.9 Å². The summed E-state index contributed by atoms with van der Waals surface area (Å²) in [7, 11) is 0. The Morgan fingerprint density at radius 1 is 1.03 bits per heavy atom. The van der Waals surface area contributed by atoms with Crippen LogP contribution in [0.3, 0.4) is 0 Å². The van der Waals surface area contributed by atoms with Crippen molar-refractivity contribution >= 4 is 46.8 Å². The van der Waals surface area contributed by atoms with Gasteiger partial charge in [-0.25, -0.2) is 0 Å². The zero-order valence-corrected chi connectivity index (χ0v) is 19.0. The van der Waals surface area contributed by atoms with E-state index >= 15 is 0 Å². The van der Waals surface area contributed by atoms with Crippen LogP contribution in [0.4, 0.5) is 0 Å². The van der Waals surface area contributed by atoms with Crippen molar-refractivity contribution in [2.45, 2.75) is 38.6 Å². The molecule has 29 heavy (non-hydrogen) atoms. The van der Waals surface area contributed by atoms with E-state index in [1.807, 2.05) is 49.4 Å². The lowest BCUT2D eigenvalue weighted by molar-refractivity contribution is -0.138. The van der Waals surface area contributed by atoms with Gasteiger partial charge in [-0.2, -0.15) is 0 Å². The third-order valence-electron chi connectivity index (χ3n) is 4.46. The summed E-state index contributed by atoms with van der Waals surface area (Å²) in [6.45, 7) is 4.60. The first kappa shape index (κ1) is 23.6. The predicted octanol–water partition coefficient (Wildman–Crippen LogP) is 5.17. The molecule has 2 aromatic carbocycles. The van der Waals surface area contributed by atoms with E-state index in [2.05, 4.69) is 5.32 Å². The second-order valence-corrected chi connectivity index (χ2v) is 8.46. The maximum Gasteiger partial charge on any atom is 0.242 e. The molecule has 0 aliphatic heterocycles. The summed E-state index contributed by atoms with van der Waals surface area (Å²) < 4.78 is 0. The Labute approximate surface area is 187 Å². The average molecular weight is 453 g/mol. The molecule has 0 aliphatic rings. The molecule has 156 valence electrons. The van der Waals surface area contributed by atoms with Gasteiger partial charge in [0.2, 0.25) is 11.8 Å². The van der Waals surface area contributed by atoms with Crippen LogP contribution in [-0.4, -0.2) is 35.1 Å². The van der Waals surface area contributed by atoms with Gasteiger partial charge in [0.25, 0.3) is 0 Å². The number of carbonyl (C=O) groups excluding carboxylic acids is 2. The first-order valence-electron chi connectivity index (χ1n) is 9.55. The van der Waals surface area contributed by atoms with E-state index in [0.717, 1.165) is 17.5 Å². The first-order chi connectivity index (χ1) is 13.9. The highest BCUT2D eigenvalue weighted by Crippen LogP contribution is 2.23. The van der Waals surface area contributed by atoms with Gasteiger partial charge in [0.15, 0.2) is 0 Å². The second-order valence-electron chi connectivity index (χ2n) is 6.66. The van der Waals surface area contributed by atoms with Crippen LogP contribution in [0.2, 0.25) is 10.0 Å². The van der Waals surface area contributed by atoms with Crippen molar-refractivity contribution in [3.63, 3.8) is 0 Å². The van der Waals surface area contributed by atoms with Crippen molar-refractivity contribution in [3.05, 3.63) is 69.7 Å². The summed E-state index contributed by atoms with van der Waals surface area (Å²) in [6.07, 6.45) is 0.838. The lowest BCUT2D eigenvalue weighted by atomic mass is 10.1. The van der Waals surface area contributed by atoms with Gasteiger partial charge in [0.1, 0.15) is 6.04 Å². The topological polar surface area (TPSA) is 49.4 Å². The predicted molar refractivity (Wildman–Crippen MR) is 122 cm³/mol. The number of nitrogens with zero attached hydrogens (tertiary/aromatic N) is 1. The van der Waals surface area contributed by atoms with Gasteiger partial charge in [0, 0.05) is 28.9 Å². The molecule has 2 amide bonds. The Morgan fingerprint density at radius 3 is 2.21 bits per heavy atom. The Kier molecular flexibility index (Phi) is 9.85. The van der Waals surface area contributed by atoms with Gasteiger partial charge in [-0.15, -0.1) is 11.8 Å². The molecule has 0 aromatic heterocycles. The van der Waals surface area contributed by atoms with E-state index in [1.165, 1.54) is 11.8 Å². The summed E-state index contributed by atoms with van der Waals surface area (Å²) >= 11 is 14.0. The van der Waals surface area contributed by atoms with Crippen LogP contribution in [0, 0.1) is 0 Å². The number of thioether (sulfide) groups is 1. The number of hydrogen-bond acceptors (Lipinski definition) is 3. The number of amides is 2. The molecule has 0 heterocycles. The molecule has 7 heteroatoms. The molecule has 0 saturated carbocycles. The molecule has 0 aliphatic carbocycles. The number of benzene rings is 2. The second kappa shape index (κ2) is 12.1. The minimum atomic E-state index is -0.591. The molecule has 0 spiro atoms. The largest absolute Gasteiger partial charge is 0.354 e. The van der Waals surface area contributed by atoms with E-state index in [0.29, 0.717) is 22.3 Å². The number of carbonyl (C=O) groups is 2. The Morgan fingerprint density at radius 2 is 1.62 bits per heavy atom. The summed E-state index contributed by atoms with van der Waals surface area (Å²) in [5.74, 6) is 0.604. The summed E-state index contributed by atoms with van der Waals surface area (Å²) in [6, 6.07) is 14.4. The third kappa shape index (κ3) is 7.25. The maximum absolute atomic E-state index is 13.0. The minimum absolute atomic E-state index is 0.110. The molecule has 4 nitrogen and oxygen atoms in total. The van der Waals surface area contributed by atoms with Crippen LogP contribution in [0.15, 0.2) is 48.5 Å². The molecule has 0 bridgehead atoms. The van der Waals surface area contributed by atoms with E-state index in [1.54, 1.807) is 17.9 Å². The van der Waals surface area contributed by atoms with Crippen molar-refractivity contribution < 1.29 is 9.59 Å². The van der Waals surface area contributed by atoms with Gasteiger partial charge < -0.3 is 10.2 Å². The van der Waals surface area contributed by atoms with E-state index in [9.17, 15) is 9.59 Å². The fourth-order valence-electron chi connectivity index (χ4n) is 2.74. The molecule has 2 aromatic rings. The zero-order chi connectivity index (χ0) is 21.2. The highest BCUT2D eigenvalue weighted by molar-refractivity contribution is 7.99. The summed E-state index contributed by atoms with van der Waals surface area (Å²) in [5.41, 5.74) is 1.80. The number of hydrogen-bond donors (Lipinski definition) is 1. The van der Waals surface area contributed by atoms with Crippen LogP contribution < -0.4 is 5.32 Å². The third-order valence-corrected chi connectivity index (χ3v) is 6.16.